The minimum absolute atomic E-state index is 0.0627. The Hall–Kier alpha value is -1.79. The highest BCUT2D eigenvalue weighted by Crippen LogP contribution is 2.57. The van der Waals surface area contributed by atoms with E-state index in [1.807, 2.05) is 18.2 Å². The third-order valence-electron chi connectivity index (χ3n) is 6.30. The minimum atomic E-state index is -0.516. The predicted octanol–water partition coefficient (Wildman–Crippen LogP) is 1.73. The van der Waals surface area contributed by atoms with E-state index in [1.54, 1.807) is 7.11 Å². The maximum Gasteiger partial charge on any atom is 0.255 e. The summed E-state index contributed by atoms with van der Waals surface area (Å²) in [5.41, 5.74) is 5.83. The van der Waals surface area contributed by atoms with Gasteiger partial charge in [-0.25, -0.2) is 0 Å². The van der Waals surface area contributed by atoms with Gasteiger partial charge in [-0.3, -0.25) is 4.79 Å². The van der Waals surface area contributed by atoms with Crippen LogP contribution >= 0.6 is 0 Å². The number of nitrogens with one attached hydrogen (secondary N) is 1. The molecule has 0 aromatic heterocycles. The second-order valence-electron chi connectivity index (χ2n) is 8.56. The lowest BCUT2D eigenvalue weighted by Crippen LogP contribution is -2.64. The number of rotatable bonds is 7. The maximum absolute atomic E-state index is 10.9. The molecule has 2 atom stereocenters. The van der Waals surface area contributed by atoms with Gasteiger partial charge >= 0.3 is 0 Å². The number of carbonyl (C=O) groups is 1. The van der Waals surface area contributed by atoms with Crippen LogP contribution in [-0.4, -0.2) is 35.9 Å². The smallest absolute Gasteiger partial charge is 0.255 e. The van der Waals surface area contributed by atoms with E-state index in [-0.39, 0.29) is 12.1 Å². The summed E-state index contributed by atoms with van der Waals surface area (Å²) in [6.45, 7) is 0.556. The van der Waals surface area contributed by atoms with Crippen LogP contribution in [0.5, 0.6) is 11.5 Å². The molecule has 4 aliphatic rings. The summed E-state index contributed by atoms with van der Waals surface area (Å²) in [7, 11) is 1.58. The molecule has 4 bridgehead atoms. The highest BCUT2D eigenvalue weighted by molar-refractivity contribution is 5.75. The van der Waals surface area contributed by atoms with Crippen molar-refractivity contribution in [2.45, 2.75) is 56.2 Å². The lowest BCUT2D eigenvalue weighted by Gasteiger charge is -2.60. The Morgan fingerprint density at radius 2 is 2.00 bits per heavy atom. The molecular weight excluding hydrogens is 332 g/mol. The molecule has 0 radical (unpaired) electrons. The summed E-state index contributed by atoms with van der Waals surface area (Å²) in [5, 5.41) is 14.6. The first kappa shape index (κ1) is 17.6. The Morgan fingerprint density at radius 1 is 1.27 bits per heavy atom. The van der Waals surface area contributed by atoms with E-state index in [0.29, 0.717) is 23.3 Å². The van der Waals surface area contributed by atoms with E-state index in [2.05, 4.69) is 5.32 Å². The lowest BCUT2D eigenvalue weighted by molar-refractivity contribution is -0.142. The Labute approximate surface area is 154 Å². The molecule has 5 rings (SSSR count). The topological polar surface area (TPSA) is 93.8 Å². The minimum Gasteiger partial charge on any atom is -0.493 e. The van der Waals surface area contributed by atoms with Gasteiger partial charge in [0.2, 0.25) is 0 Å². The summed E-state index contributed by atoms with van der Waals surface area (Å²) < 4.78 is 10.8. The average molecular weight is 360 g/mol. The summed E-state index contributed by atoms with van der Waals surface area (Å²) in [6.07, 6.45) is 6.44. The van der Waals surface area contributed by atoms with E-state index in [9.17, 15) is 9.90 Å². The number of nitrogens with two attached hydrogens (primary N) is 1. The monoisotopic (exact) mass is 360 g/mol. The Bertz CT molecular complexity index is 691. The Balaban J connectivity index is 1.44. The number of amides is 1. The van der Waals surface area contributed by atoms with Crippen molar-refractivity contribution >= 4 is 5.91 Å². The van der Waals surface area contributed by atoms with Gasteiger partial charge in [0, 0.05) is 12.1 Å². The van der Waals surface area contributed by atoms with Gasteiger partial charge in [0.25, 0.3) is 5.91 Å². The fourth-order valence-electron chi connectivity index (χ4n) is 5.80. The highest BCUT2D eigenvalue weighted by Gasteiger charge is 2.56. The van der Waals surface area contributed by atoms with Crippen LogP contribution in [0, 0.1) is 11.8 Å². The number of hydrogen-bond donors (Lipinski definition) is 3. The molecule has 0 saturated heterocycles. The van der Waals surface area contributed by atoms with Crippen molar-refractivity contribution in [3.05, 3.63) is 23.8 Å². The predicted molar refractivity (Wildman–Crippen MR) is 96.9 cm³/mol. The first-order valence-electron chi connectivity index (χ1n) is 9.44. The van der Waals surface area contributed by atoms with Gasteiger partial charge in [-0.1, -0.05) is 6.07 Å². The van der Waals surface area contributed by atoms with Gasteiger partial charge in [0.15, 0.2) is 18.1 Å². The number of benzene rings is 1. The second kappa shape index (κ2) is 6.43. The zero-order valence-corrected chi connectivity index (χ0v) is 15.3. The molecular formula is C20H28N2O4. The summed E-state index contributed by atoms with van der Waals surface area (Å²) in [6, 6.07) is 5.71. The third-order valence-corrected chi connectivity index (χ3v) is 6.30. The van der Waals surface area contributed by atoms with Crippen molar-refractivity contribution < 1.29 is 19.4 Å². The van der Waals surface area contributed by atoms with Crippen LogP contribution < -0.4 is 20.5 Å². The van der Waals surface area contributed by atoms with Gasteiger partial charge in [-0.15, -0.1) is 0 Å². The van der Waals surface area contributed by atoms with Crippen molar-refractivity contribution in [3.8, 4) is 11.5 Å². The van der Waals surface area contributed by atoms with Crippen molar-refractivity contribution in [1.29, 1.82) is 0 Å². The van der Waals surface area contributed by atoms with Crippen molar-refractivity contribution in [3.63, 3.8) is 0 Å². The summed E-state index contributed by atoms with van der Waals surface area (Å²) >= 11 is 0. The van der Waals surface area contributed by atoms with Crippen LogP contribution in [0.3, 0.4) is 0 Å². The molecule has 0 aliphatic heterocycles. The highest BCUT2D eigenvalue weighted by atomic mass is 16.5. The second-order valence-corrected chi connectivity index (χ2v) is 8.56. The molecule has 6 nitrogen and oxygen atoms in total. The molecule has 4 fully saturated rings. The van der Waals surface area contributed by atoms with Crippen LogP contribution in [0.15, 0.2) is 18.2 Å². The van der Waals surface area contributed by atoms with E-state index >= 15 is 0 Å². The van der Waals surface area contributed by atoms with E-state index in [0.717, 1.165) is 31.4 Å². The molecule has 4 saturated carbocycles. The number of carbonyl (C=O) groups excluding carboxylic acids is 1. The van der Waals surface area contributed by atoms with Crippen molar-refractivity contribution in [1.82, 2.24) is 5.32 Å². The van der Waals surface area contributed by atoms with Crippen LogP contribution in [-0.2, 0) is 11.3 Å². The van der Waals surface area contributed by atoms with Crippen LogP contribution in [0.25, 0.3) is 0 Å². The molecule has 0 unspecified atom stereocenters. The van der Waals surface area contributed by atoms with Gasteiger partial charge in [0.1, 0.15) is 0 Å². The van der Waals surface area contributed by atoms with Crippen LogP contribution in [0.4, 0.5) is 0 Å². The molecule has 0 heterocycles. The number of methoxy groups -OCH3 is 1. The molecule has 4 aliphatic carbocycles. The number of primary amides is 1. The maximum atomic E-state index is 10.9. The van der Waals surface area contributed by atoms with E-state index < -0.39 is 11.5 Å². The zero-order chi connectivity index (χ0) is 18.4. The summed E-state index contributed by atoms with van der Waals surface area (Å²) in [5.74, 6) is 1.91. The van der Waals surface area contributed by atoms with Crippen LogP contribution in [0.2, 0.25) is 0 Å². The third kappa shape index (κ3) is 3.40. The quantitative estimate of drug-likeness (QED) is 0.688. The summed E-state index contributed by atoms with van der Waals surface area (Å²) in [4.78, 5) is 10.9. The molecule has 1 aromatic rings. The molecule has 142 valence electrons. The fraction of sp³-hybridized carbons (Fsp3) is 0.650. The number of hydrogen-bond acceptors (Lipinski definition) is 5. The van der Waals surface area contributed by atoms with Gasteiger partial charge in [0.05, 0.1) is 12.7 Å². The molecule has 1 aromatic carbocycles. The normalized spacial score (nSPS) is 34.7. The van der Waals surface area contributed by atoms with Gasteiger partial charge < -0.3 is 25.6 Å². The van der Waals surface area contributed by atoms with E-state index in [1.165, 1.54) is 19.3 Å². The fourth-order valence-corrected chi connectivity index (χ4v) is 5.80. The largest absolute Gasteiger partial charge is 0.493 e. The molecule has 26 heavy (non-hydrogen) atoms. The van der Waals surface area contributed by atoms with Gasteiger partial charge in [-0.2, -0.15) is 0 Å². The standard InChI is InChI=1S/C20H28N2O4/c1-25-17-5-13(2-3-16(17)26-11-18(21)23)10-22-19-6-14-4-15(7-19)9-20(24,8-14)12-19/h2-3,5,14-15,22,24H,4,6-12H2,1H3,(H2,21,23)/t14-,15-,19?,20?/m1/s1. The molecule has 1 amide bonds. The SMILES string of the molecule is COc1cc(CNC23C[C@H]4C[C@@H](CC(O)(C4)C2)C3)ccc1OCC(N)=O. The first-order chi connectivity index (χ1) is 12.4. The first-order valence-corrected chi connectivity index (χ1v) is 9.44. The molecule has 0 spiro atoms. The average Bonchev–Trinajstić information content (AvgIpc) is 2.56. The lowest BCUT2D eigenvalue weighted by atomic mass is 9.51. The molecule has 6 heteroatoms. The van der Waals surface area contributed by atoms with E-state index in [4.69, 9.17) is 15.2 Å². The van der Waals surface area contributed by atoms with Crippen molar-refractivity contribution in [2.75, 3.05) is 13.7 Å². The molecule has 4 N–H and O–H groups in total. The Morgan fingerprint density at radius 3 is 2.62 bits per heavy atom. The Kier molecular flexibility index (Phi) is 4.35. The van der Waals surface area contributed by atoms with Gasteiger partial charge in [-0.05, 0) is 68.1 Å². The van der Waals surface area contributed by atoms with Crippen molar-refractivity contribution in [2.24, 2.45) is 17.6 Å². The zero-order valence-electron chi connectivity index (χ0n) is 15.3. The number of aliphatic hydroxyl groups is 1. The van der Waals surface area contributed by atoms with Crippen LogP contribution in [0.1, 0.15) is 44.1 Å². The number of ether oxygens (including phenoxy) is 2.